The lowest BCUT2D eigenvalue weighted by molar-refractivity contribution is -0.147. The van der Waals surface area contributed by atoms with Crippen molar-refractivity contribution in [3.8, 4) is 0 Å². The van der Waals surface area contributed by atoms with Gasteiger partial charge in [0.2, 0.25) is 17.7 Å². The lowest BCUT2D eigenvalue weighted by atomic mass is 9.77. The minimum atomic E-state index is -0.0453. The maximum atomic E-state index is 12.5. The average Bonchev–Trinajstić information content (AvgIpc) is 1.60. The molecule has 12 rings (SSSR count). The lowest BCUT2D eigenvalue weighted by Gasteiger charge is -2.48. The molecule has 9 saturated heterocycles. The van der Waals surface area contributed by atoms with Crippen LogP contribution in [0.3, 0.4) is 0 Å². The molecule has 2 atom stereocenters. The fourth-order valence-electron chi connectivity index (χ4n) is 17.4. The molecule has 3 spiro atoms. The average molecular weight is 1890 g/mol. The van der Waals surface area contributed by atoms with Crippen LogP contribution < -0.4 is 21.3 Å². The van der Waals surface area contributed by atoms with E-state index in [4.69, 9.17) is 9.47 Å². The summed E-state index contributed by atoms with van der Waals surface area (Å²) in [5, 5.41) is 13.3. The Bertz CT molecular complexity index is 3700. The molecule has 9 aliphatic heterocycles. The molecule has 0 aromatic carbocycles. The molecule has 26 heteroatoms. The second-order valence-corrected chi connectivity index (χ2v) is 45.8. The first-order valence-corrected chi connectivity index (χ1v) is 52.7. The van der Waals surface area contributed by atoms with E-state index in [0.29, 0.717) is 132 Å². The van der Waals surface area contributed by atoms with Crippen LogP contribution in [0.4, 0.5) is 17.2 Å². The third kappa shape index (κ3) is 39.3. The number of nitrogens with one attached hydrogen (secondary N) is 4. The monoisotopic (exact) mass is 1890 g/mol. The maximum Gasteiger partial charge on any atom is 0.272 e. The van der Waals surface area contributed by atoms with Crippen molar-refractivity contribution < 1.29 is 33.4 Å². The molecule has 2 unspecified atom stereocenters. The molecule has 9 fully saturated rings. The number of aromatic nitrogens is 3. The van der Waals surface area contributed by atoms with Gasteiger partial charge in [-0.1, -0.05) is 41.5 Å². The lowest BCUT2D eigenvalue weighted by Crippen LogP contribution is -2.62. The van der Waals surface area contributed by atoms with Crippen LogP contribution in [0.15, 0.2) is 55.0 Å². The number of piperidine rings is 1. The zero-order chi connectivity index (χ0) is 102. The summed E-state index contributed by atoms with van der Waals surface area (Å²) in [6, 6.07) is 19.2. The summed E-state index contributed by atoms with van der Waals surface area (Å²) < 4.78 is 11.6. The Morgan fingerprint density at radius 3 is 1.17 bits per heavy atom. The number of carbonyl (C=O) groups is 5. The molecule has 26 nitrogen and oxygen atoms in total. The zero-order valence-corrected chi connectivity index (χ0v) is 93.4. The van der Waals surface area contributed by atoms with Crippen LogP contribution in [0.2, 0.25) is 0 Å². The Hall–Kier alpha value is -6.20. The number of hydrogen-bond donors (Lipinski definition) is 4. The van der Waals surface area contributed by atoms with Gasteiger partial charge in [0.15, 0.2) is 0 Å². The first-order valence-electron chi connectivity index (χ1n) is 52.7. The van der Waals surface area contributed by atoms with Crippen molar-refractivity contribution in [2.75, 3.05) is 148 Å². The number of pyridine rings is 3. The van der Waals surface area contributed by atoms with Gasteiger partial charge in [0.05, 0.1) is 69.6 Å². The second kappa shape index (κ2) is 57.6. The molecular weight excluding hydrogens is 1690 g/mol. The number of anilines is 3. The van der Waals surface area contributed by atoms with Gasteiger partial charge in [-0.05, 0) is 341 Å². The van der Waals surface area contributed by atoms with Crippen LogP contribution in [0, 0.1) is 34.0 Å². The largest absolute Gasteiger partial charge is 0.382 e. The third-order valence-corrected chi connectivity index (χ3v) is 28.2. The van der Waals surface area contributed by atoms with Gasteiger partial charge in [0, 0.05) is 209 Å². The van der Waals surface area contributed by atoms with E-state index in [-0.39, 0.29) is 40.1 Å². The predicted octanol–water partition coefficient (Wildman–Crippen LogP) is 17.9. The van der Waals surface area contributed by atoms with E-state index >= 15 is 0 Å². The molecular formula is C109H203N19O7. The normalized spacial score (nSPS) is 19.7. The molecule has 4 N–H and O–H groups in total. The highest BCUT2D eigenvalue weighted by Gasteiger charge is 2.56. The van der Waals surface area contributed by atoms with E-state index in [1.54, 1.807) is 48.4 Å². The molecule has 135 heavy (non-hydrogen) atoms. The molecule has 5 amide bonds. The highest BCUT2D eigenvalue weighted by Crippen LogP contribution is 2.45. The summed E-state index contributed by atoms with van der Waals surface area (Å²) in [7, 11) is 5.70. The van der Waals surface area contributed by atoms with Crippen molar-refractivity contribution >= 4 is 46.7 Å². The first-order chi connectivity index (χ1) is 62.9. The van der Waals surface area contributed by atoms with Gasteiger partial charge in [0.1, 0.15) is 11.5 Å². The SMILES string of the molecule is CC(C)C(C)OC1CN(C(C)C)C1.CC(C)CNC1CN(C(C)C)C1.CC(C)COC1CN(C(C)C)C1.CC(C)N1CC2(CCN(C(C)C)C2=O)C1.CC(C)N1CCC2(CC1)CCN(C(C)C)C2=O.CC(C)N1CCC2(CCN(C(C)C)C2=O)C1.CC(C)Nc1ccc(C(=O)N(C)C(C)C)cn1.CC(C)Nc1ccc(C(=O)N(C)C(C)C)nc1.CC(C)Nc1ccc(CN(C)C(C)C)nc1. The number of rotatable bonds is 31. The van der Waals surface area contributed by atoms with Crippen LogP contribution in [0.5, 0.6) is 0 Å². The molecule has 0 saturated carbocycles. The minimum absolute atomic E-state index is 0.00333. The van der Waals surface area contributed by atoms with E-state index < -0.39 is 0 Å². The van der Waals surface area contributed by atoms with Crippen molar-refractivity contribution in [2.24, 2.45) is 34.0 Å². The van der Waals surface area contributed by atoms with E-state index in [2.05, 4.69) is 314 Å². The predicted molar refractivity (Wildman–Crippen MR) is 566 cm³/mol. The standard InChI is InChI=1S/C14H26N2O.2C13H21N3O.C13H23N3.C13H24N2O.C12H22N2O.C11H23NO.C10H22N2.C10H21NO/c1-11(2)15-8-5-14(6-9-15)7-10-16(12(3)4)13(14)17;1-9(2)15-11-6-7-12(14-8-11)13(17)16(5)10(3)4;1-9(2)15-12-7-6-11(8-14-12)13(17)16(5)10(3)4;1-10(2)15-12-6-7-13(14-8-12)9-16(5)11(3)4;1-10(2)14-7-5-13(9-14)6-8-15(11(3)4)12(13)16;1-9(2)13-7-12(8-13)5-6-14(10(3)4)11(12)15;1-8(2)10(5)13-11-6-12(7-11)9(3)4;1-8(2)5-11-10-6-12(7-10)9(3)4;1-8(2)7-12-10-5-11(6-10)9(3)4/h11-12H,5-10H2,1-4H3;6-10,15H,1-5H3;6-10H,1-5H3,(H,14,15);6-8,10-11,15H,9H2,1-5H3;10-11H,5-9H2,1-4H3;9-10H,5-8H2,1-4H3;8-11H,6-7H2,1-5H3;8-11H,5-7H2,1-4H3;8-10H,5-7H2,1-4H3. The van der Waals surface area contributed by atoms with Crippen molar-refractivity contribution in [3.05, 3.63) is 71.9 Å². The molecule has 0 aliphatic carbocycles. The molecule has 3 aromatic heterocycles. The van der Waals surface area contributed by atoms with Crippen molar-refractivity contribution in [1.82, 2.24) is 79.1 Å². The number of nitrogens with zero attached hydrogens (tertiary/aromatic N) is 15. The molecule has 12 heterocycles. The van der Waals surface area contributed by atoms with Crippen LogP contribution in [-0.2, 0) is 30.4 Å². The zero-order valence-electron chi connectivity index (χ0n) is 93.4. The van der Waals surface area contributed by atoms with Crippen LogP contribution in [-0.4, -0.2) is 351 Å². The van der Waals surface area contributed by atoms with Gasteiger partial charge in [-0.2, -0.15) is 0 Å². The fourth-order valence-corrected chi connectivity index (χ4v) is 17.4. The van der Waals surface area contributed by atoms with Crippen LogP contribution in [0.1, 0.15) is 321 Å². The maximum absolute atomic E-state index is 12.5. The Balaban J connectivity index is 0.000000318. The summed E-state index contributed by atoms with van der Waals surface area (Å²) >= 11 is 0. The Morgan fingerprint density at radius 1 is 0.393 bits per heavy atom. The first kappa shape index (κ1) is 121. The Labute approximate surface area is 825 Å². The summed E-state index contributed by atoms with van der Waals surface area (Å²) in [6.45, 7) is 98.8. The third-order valence-electron chi connectivity index (χ3n) is 28.2. The van der Waals surface area contributed by atoms with E-state index in [0.717, 1.165) is 184 Å². The Kier molecular flexibility index (Phi) is 51.7. The number of ether oxygens (including phenoxy) is 2. The van der Waals surface area contributed by atoms with Crippen molar-refractivity contribution in [3.63, 3.8) is 0 Å². The summed E-state index contributed by atoms with van der Waals surface area (Å²) in [6.07, 6.45) is 13.0. The second-order valence-electron chi connectivity index (χ2n) is 45.8. The van der Waals surface area contributed by atoms with Gasteiger partial charge < -0.3 is 60.1 Å². The topological polar surface area (TPSA) is 229 Å². The quantitative estimate of drug-likeness (QED) is 0.0469. The minimum Gasteiger partial charge on any atom is -0.382 e. The smallest absolute Gasteiger partial charge is 0.272 e. The van der Waals surface area contributed by atoms with Gasteiger partial charge in [-0.3, -0.25) is 58.4 Å². The van der Waals surface area contributed by atoms with Gasteiger partial charge >= 0.3 is 0 Å². The summed E-state index contributed by atoms with van der Waals surface area (Å²) in [5.74, 6) is 4.06. The molecule has 3 aromatic rings. The number of likely N-dealkylation sites (tertiary alicyclic amines) is 9. The van der Waals surface area contributed by atoms with Gasteiger partial charge in [-0.15, -0.1) is 0 Å². The van der Waals surface area contributed by atoms with Gasteiger partial charge in [0.25, 0.3) is 11.8 Å². The van der Waals surface area contributed by atoms with Crippen LogP contribution in [0.25, 0.3) is 0 Å². The van der Waals surface area contributed by atoms with E-state index in [1.807, 2.05) is 64.8 Å². The number of carbonyl (C=O) groups excluding carboxylic acids is 5. The molecule has 0 bridgehead atoms. The molecule has 0 radical (unpaired) electrons. The van der Waals surface area contributed by atoms with Crippen molar-refractivity contribution in [1.29, 1.82) is 0 Å². The van der Waals surface area contributed by atoms with Gasteiger partial charge in [-0.25, -0.2) is 9.97 Å². The Morgan fingerprint density at radius 2 is 0.793 bits per heavy atom. The summed E-state index contributed by atoms with van der Waals surface area (Å²) in [5.41, 5.74) is 4.20. The van der Waals surface area contributed by atoms with E-state index in [1.165, 1.54) is 13.1 Å². The van der Waals surface area contributed by atoms with E-state index in [9.17, 15) is 24.0 Å². The molecule has 776 valence electrons. The van der Waals surface area contributed by atoms with Crippen LogP contribution >= 0.6 is 0 Å². The highest BCUT2D eigenvalue weighted by molar-refractivity contribution is 5.94. The number of amides is 5. The van der Waals surface area contributed by atoms with Crippen molar-refractivity contribution in [2.45, 2.75) is 416 Å². The fraction of sp³-hybridized carbons (Fsp3) is 0.817. The molecule has 9 aliphatic rings. The highest BCUT2D eigenvalue weighted by atomic mass is 16.5. The summed E-state index contributed by atoms with van der Waals surface area (Å²) in [4.78, 5) is 101. The number of hydrogen-bond acceptors (Lipinski definition) is 21.